The van der Waals surface area contributed by atoms with Gasteiger partial charge in [-0.2, -0.15) is 0 Å². The summed E-state index contributed by atoms with van der Waals surface area (Å²) < 4.78 is 61.8. The van der Waals surface area contributed by atoms with Crippen LogP contribution in [0.5, 0.6) is 5.75 Å². The van der Waals surface area contributed by atoms with Crippen LogP contribution in [0.1, 0.15) is 43.0 Å². The number of hydrogen-bond donors (Lipinski definition) is 3. The number of hydrogen-bond acceptors (Lipinski definition) is 6. The summed E-state index contributed by atoms with van der Waals surface area (Å²) in [5, 5.41) is 12.8. The first-order chi connectivity index (χ1) is 18.7. The van der Waals surface area contributed by atoms with Gasteiger partial charge >= 0.3 is 0 Å². The smallest absolute Gasteiger partial charge is 0.249 e. The highest BCUT2D eigenvalue weighted by Crippen LogP contribution is 2.41. The van der Waals surface area contributed by atoms with Gasteiger partial charge in [0.15, 0.2) is 11.6 Å². The number of rotatable bonds is 10. The maximum Gasteiger partial charge on any atom is 0.249 e. The third-order valence-electron chi connectivity index (χ3n) is 7.64. The number of benzene rings is 2. The quantitative estimate of drug-likeness (QED) is 0.135. The van der Waals surface area contributed by atoms with Crippen molar-refractivity contribution in [1.29, 1.82) is 0 Å². The number of nitrogens with zero attached hydrogens (tertiary/aromatic N) is 2. The van der Waals surface area contributed by atoms with Crippen molar-refractivity contribution in [3.05, 3.63) is 65.1 Å². The largest absolute Gasteiger partial charge is 0.497 e. The molecule has 1 fully saturated rings. The summed E-state index contributed by atoms with van der Waals surface area (Å²) in [4.78, 5) is 19.2. The van der Waals surface area contributed by atoms with Gasteiger partial charge in [-0.05, 0) is 75.0 Å². The Kier molecular flexibility index (Phi) is 8.91. The van der Waals surface area contributed by atoms with E-state index in [0.717, 1.165) is 6.07 Å². The van der Waals surface area contributed by atoms with E-state index in [4.69, 9.17) is 4.74 Å². The van der Waals surface area contributed by atoms with Crippen molar-refractivity contribution in [2.45, 2.75) is 38.8 Å². The summed E-state index contributed by atoms with van der Waals surface area (Å²) in [5.74, 6) is -3.26. The normalized spacial score (nSPS) is 16.2. The van der Waals surface area contributed by atoms with Gasteiger partial charge < -0.3 is 15.0 Å². The number of carbonyl (C=O) groups is 1. The lowest BCUT2D eigenvalue weighted by molar-refractivity contribution is -0.143. The first-order valence-corrected chi connectivity index (χ1v) is 12.8. The average molecular weight is 549 g/mol. The molecule has 1 aliphatic rings. The van der Waals surface area contributed by atoms with Crippen LogP contribution in [-0.2, 0) is 4.79 Å². The fraction of sp³-hybridized carbons (Fsp3) is 0.429. The number of aromatic nitrogens is 1. The fourth-order valence-electron chi connectivity index (χ4n) is 5.33. The Bertz CT molecular complexity index is 1330. The number of ether oxygens (including phenoxy) is 1. The molecule has 0 bridgehead atoms. The summed E-state index contributed by atoms with van der Waals surface area (Å²) in [6.45, 7) is 3.40. The van der Waals surface area contributed by atoms with E-state index in [2.05, 4.69) is 10.3 Å². The van der Waals surface area contributed by atoms with E-state index in [1.54, 1.807) is 36.8 Å². The average Bonchev–Trinajstić information content (AvgIpc) is 2.94. The third kappa shape index (κ3) is 6.25. The number of hydroxylamine groups is 1. The number of carbonyl (C=O) groups excluding carboxylic acids is 1. The molecule has 210 valence electrons. The van der Waals surface area contributed by atoms with Crippen molar-refractivity contribution < 1.29 is 32.3 Å². The zero-order valence-corrected chi connectivity index (χ0v) is 21.9. The SMILES string of the molecule is COc1ccc2ncc(C)c([C@H](F)CCC3(C(=O)NO)CCN(CCNc4cc(F)cc(F)c4F)CC3)c2c1. The Hall–Kier alpha value is -3.44. The minimum atomic E-state index is -1.37. The van der Waals surface area contributed by atoms with Crippen LogP contribution in [0.15, 0.2) is 36.5 Å². The first kappa shape index (κ1) is 28.6. The van der Waals surface area contributed by atoms with Crippen molar-refractivity contribution in [2.24, 2.45) is 5.41 Å². The first-order valence-electron chi connectivity index (χ1n) is 12.8. The predicted molar refractivity (Wildman–Crippen MR) is 139 cm³/mol. The molecule has 0 spiro atoms. The van der Waals surface area contributed by atoms with Gasteiger partial charge in [-0.3, -0.25) is 15.0 Å². The molecule has 4 rings (SSSR count). The zero-order valence-electron chi connectivity index (χ0n) is 21.9. The number of amides is 1. The number of nitrogens with one attached hydrogen (secondary N) is 2. The highest BCUT2D eigenvalue weighted by molar-refractivity contribution is 5.85. The second kappa shape index (κ2) is 12.2. The molecule has 39 heavy (non-hydrogen) atoms. The Morgan fingerprint density at radius 2 is 1.95 bits per heavy atom. The van der Waals surface area contributed by atoms with E-state index >= 15 is 4.39 Å². The lowest BCUT2D eigenvalue weighted by Gasteiger charge is -2.40. The number of halogens is 4. The van der Waals surface area contributed by atoms with Gasteiger partial charge in [0.25, 0.3) is 0 Å². The summed E-state index contributed by atoms with van der Waals surface area (Å²) in [6, 6.07) is 6.66. The monoisotopic (exact) mass is 548 g/mol. The van der Waals surface area contributed by atoms with Crippen molar-refractivity contribution in [3.63, 3.8) is 0 Å². The molecule has 1 amide bonds. The summed E-state index contributed by atoms with van der Waals surface area (Å²) in [5.41, 5.74) is 2.38. The molecule has 1 atom stereocenters. The molecule has 1 aliphatic heterocycles. The van der Waals surface area contributed by atoms with Crippen LogP contribution in [0, 0.1) is 29.8 Å². The number of methoxy groups -OCH3 is 1. The van der Waals surface area contributed by atoms with E-state index in [9.17, 15) is 23.2 Å². The number of likely N-dealkylation sites (tertiary alicyclic amines) is 1. The maximum atomic E-state index is 15.8. The number of pyridine rings is 1. The lowest BCUT2D eigenvalue weighted by atomic mass is 9.73. The molecule has 2 heterocycles. The summed E-state index contributed by atoms with van der Waals surface area (Å²) in [6.07, 6.45) is 1.29. The topological polar surface area (TPSA) is 86.7 Å². The van der Waals surface area contributed by atoms with Crippen molar-refractivity contribution >= 4 is 22.5 Å². The summed E-state index contributed by atoms with van der Waals surface area (Å²) in [7, 11) is 1.54. The van der Waals surface area contributed by atoms with Crippen LogP contribution in [0.2, 0.25) is 0 Å². The molecule has 11 heteroatoms. The highest BCUT2D eigenvalue weighted by atomic mass is 19.2. The Labute approximate surface area is 224 Å². The second-order valence-electron chi connectivity index (χ2n) is 9.98. The van der Waals surface area contributed by atoms with Crippen LogP contribution >= 0.6 is 0 Å². The summed E-state index contributed by atoms with van der Waals surface area (Å²) >= 11 is 0. The maximum absolute atomic E-state index is 15.8. The van der Waals surface area contributed by atoms with E-state index in [1.165, 1.54) is 7.11 Å². The van der Waals surface area contributed by atoms with Gasteiger partial charge in [0.2, 0.25) is 5.91 Å². The zero-order chi connectivity index (χ0) is 28.2. The number of fused-ring (bicyclic) bond motifs is 1. The van der Waals surface area contributed by atoms with Gasteiger partial charge in [0, 0.05) is 36.8 Å². The van der Waals surface area contributed by atoms with Gasteiger partial charge in [-0.25, -0.2) is 23.0 Å². The Morgan fingerprint density at radius 3 is 2.64 bits per heavy atom. The van der Waals surface area contributed by atoms with Crippen molar-refractivity contribution in [1.82, 2.24) is 15.4 Å². The molecular formula is C28H32F4N4O3. The number of piperidine rings is 1. The van der Waals surface area contributed by atoms with Crippen molar-refractivity contribution in [2.75, 3.05) is 38.6 Å². The number of anilines is 1. The van der Waals surface area contributed by atoms with Gasteiger partial charge in [-0.15, -0.1) is 0 Å². The van der Waals surface area contributed by atoms with Crippen molar-refractivity contribution in [3.8, 4) is 5.75 Å². The van der Waals surface area contributed by atoms with Gasteiger partial charge in [-0.1, -0.05) is 0 Å². The van der Waals surface area contributed by atoms with Gasteiger partial charge in [0.1, 0.15) is 17.7 Å². The molecule has 2 aromatic carbocycles. The molecule has 0 radical (unpaired) electrons. The van der Waals surface area contributed by atoms with Crippen LogP contribution < -0.4 is 15.5 Å². The fourth-order valence-corrected chi connectivity index (χ4v) is 5.33. The lowest BCUT2D eigenvalue weighted by Crippen LogP contribution is -2.49. The second-order valence-corrected chi connectivity index (χ2v) is 9.98. The van der Waals surface area contributed by atoms with E-state index < -0.39 is 34.9 Å². The van der Waals surface area contributed by atoms with E-state index in [0.29, 0.717) is 66.3 Å². The van der Waals surface area contributed by atoms with E-state index in [-0.39, 0.29) is 25.1 Å². The Balaban J connectivity index is 1.40. The molecule has 3 aromatic rings. The number of aryl methyl sites for hydroxylation is 1. The molecule has 3 N–H and O–H groups in total. The van der Waals surface area contributed by atoms with Crippen LogP contribution in [0.4, 0.5) is 23.2 Å². The molecule has 0 saturated carbocycles. The molecule has 0 unspecified atom stereocenters. The van der Waals surface area contributed by atoms with Crippen LogP contribution in [0.3, 0.4) is 0 Å². The highest BCUT2D eigenvalue weighted by Gasteiger charge is 2.41. The standard InChI is InChI=1S/C28H32F4N4O3/c1-17-16-34-23-4-3-19(39-2)15-20(23)25(17)21(30)5-6-28(27(37)35-38)7-10-36(11-8-28)12-9-33-24-14-18(29)13-22(31)26(24)32/h3-4,13-16,21,33,38H,5-12H2,1-2H3,(H,35,37)/t21-/m1/s1. The predicted octanol–water partition coefficient (Wildman–Crippen LogP) is 5.46. The van der Waals surface area contributed by atoms with Crippen LogP contribution in [-0.4, -0.2) is 54.3 Å². The minimum Gasteiger partial charge on any atom is -0.497 e. The Morgan fingerprint density at radius 1 is 1.21 bits per heavy atom. The van der Waals surface area contributed by atoms with Crippen LogP contribution in [0.25, 0.3) is 10.9 Å². The van der Waals surface area contributed by atoms with E-state index in [1.807, 2.05) is 4.90 Å². The number of alkyl halides is 1. The molecule has 1 aromatic heterocycles. The third-order valence-corrected chi connectivity index (χ3v) is 7.64. The molecule has 7 nitrogen and oxygen atoms in total. The van der Waals surface area contributed by atoms with Gasteiger partial charge in [0.05, 0.1) is 23.7 Å². The molecule has 1 saturated heterocycles. The molecular weight excluding hydrogens is 516 g/mol. The molecule has 0 aliphatic carbocycles. The minimum absolute atomic E-state index is 0.0660.